The molecule has 18 heavy (non-hydrogen) atoms. The summed E-state index contributed by atoms with van der Waals surface area (Å²) in [5.74, 6) is -1.29. The summed E-state index contributed by atoms with van der Waals surface area (Å²) in [6.07, 6.45) is 0. The van der Waals surface area contributed by atoms with Gasteiger partial charge in [0.1, 0.15) is 5.69 Å². The predicted molar refractivity (Wildman–Crippen MR) is 66.8 cm³/mol. The molecule has 1 N–H and O–H groups in total. The maximum absolute atomic E-state index is 10.8. The van der Waals surface area contributed by atoms with E-state index in [0.717, 1.165) is 20.8 Å². The van der Waals surface area contributed by atoms with Crippen molar-refractivity contribution in [2.24, 2.45) is 0 Å². The maximum Gasteiger partial charge on any atom is 0.374 e. The van der Waals surface area contributed by atoms with Gasteiger partial charge >= 0.3 is 5.97 Å². The van der Waals surface area contributed by atoms with Crippen LogP contribution in [0.25, 0.3) is 21.5 Å². The zero-order valence-corrected chi connectivity index (χ0v) is 10.2. The smallest absolute Gasteiger partial charge is 0.374 e. The average molecular weight is 260 g/mol. The van der Waals surface area contributed by atoms with Gasteiger partial charge in [-0.1, -0.05) is 17.3 Å². The van der Waals surface area contributed by atoms with Crippen molar-refractivity contribution in [1.29, 1.82) is 0 Å². The molecule has 2 heterocycles. The topological polar surface area (TPSA) is 76.2 Å². The number of hydrogen-bond acceptors (Lipinski definition) is 5. The van der Waals surface area contributed by atoms with Crippen LogP contribution in [0.3, 0.4) is 0 Å². The molecule has 0 aliphatic rings. The molecule has 6 heteroatoms. The maximum atomic E-state index is 10.8. The summed E-state index contributed by atoms with van der Waals surface area (Å²) in [7, 11) is 0. The van der Waals surface area contributed by atoms with Gasteiger partial charge in [-0.2, -0.15) is 0 Å². The molecule has 0 aliphatic carbocycles. The molecule has 5 nitrogen and oxygen atoms in total. The summed E-state index contributed by atoms with van der Waals surface area (Å²) < 4.78 is 5.76. The zero-order chi connectivity index (χ0) is 12.7. The predicted octanol–water partition coefficient (Wildman–Crippen LogP) is 2.96. The van der Waals surface area contributed by atoms with Crippen molar-refractivity contribution in [1.82, 2.24) is 10.1 Å². The Morgan fingerprint density at radius 2 is 2.28 bits per heavy atom. The van der Waals surface area contributed by atoms with Crippen LogP contribution in [0.5, 0.6) is 0 Å². The summed E-state index contributed by atoms with van der Waals surface area (Å²) in [5, 5.41) is 13.6. The molecule has 0 atom stereocenters. The molecule has 2 aromatic heterocycles. The Bertz CT molecular complexity index is 745. The molecule has 1 aromatic carbocycles. The van der Waals surface area contributed by atoms with Crippen LogP contribution in [-0.2, 0) is 0 Å². The van der Waals surface area contributed by atoms with Crippen molar-refractivity contribution in [2.45, 2.75) is 6.92 Å². The second-order valence-corrected chi connectivity index (χ2v) is 4.97. The normalized spacial score (nSPS) is 10.9. The number of fused-ring (bicyclic) bond motifs is 1. The number of aryl methyl sites for hydroxylation is 1. The molecule has 0 amide bonds. The Labute approximate surface area is 106 Å². The first-order chi connectivity index (χ1) is 8.65. The summed E-state index contributed by atoms with van der Waals surface area (Å²) in [5.41, 5.74) is 2.24. The number of nitrogens with zero attached hydrogens (tertiary/aromatic N) is 2. The number of carboxylic acid groups (broad SMARTS) is 1. The van der Waals surface area contributed by atoms with Crippen LogP contribution in [-0.4, -0.2) is 21.2 Å². The van der Waals surface area contributed by atoms with Crippen molar-refractivity contribution < 1.29 is 14.4 Å². The summed E-state index contributed by atoms with van der Waals surface area (Å²) in [4.78, 5) is 15.2. The second-order valence-electron chi connectivity index (χ2n) is 3.77. The molecule has 0 radical (unpaired) electrons. The third kappa shape index (κ3) is 1.67. The van der Waals surface area contributed by atoms with Gasteiger partial charge in [0.25, 0.3) is 0 Å². The fourth-order valence-electron chi connectivity index (χ4n) is 1.76. The Morgan fingerprint density at radius 3 is 3.00 bits per heavy atom. The van der Waals surface area contributed by atoms with Gasteiger partial charge in [0.05, 0.1) is 15.2 Å². The van der Waals surface area contributed by atoms with Crippen molar-refractivity contribution in [3.63, 3.8) is 0 Å². The van der Waals surface area contributed by atoms with Crippen LogP contribution in [0.2, 0.25) is 0 Å². The Kier molecular flexibility index (Phi) is 2.38. The number of carbonyl (C=O) groups is 1. The van der Waals surface area contributed by atoms with E-state index in [1.807, 2.05) is 25.1 Å². The molecule has 0 fully saturated rings. The zero-order valence-electron chi connectivity index (χ0n) is 9.38. The molecule has 0 spiro atoms. The first-order valence-electron chi connectivity index (χ1n) is 5.21. The SMILES string of the molecule is Cc1nc2cccc(-c3cc(C(=O)O)on3)c2s1. The molecule has 0 unspecified atom stereocenters. The molecule has 0 saturated carbocycles. The third-order valence-corrected chi connectivity index (χ3v) is 3.54. The largest absolute Gasteiger partial charge is 0.475 e. The van der Waals surface area contributed by atoms with E-state index < -0.39 is 5.97 Å². The molecule has 0 aliphatic heterocycles. The van der Waals surface area contributed by atoms with Crippen LogP contribution >= 0.6 is 11.3 Å². The number of rotatable bonds is 2. The fourth-order valence-corrected chi connectivity index (χ4v) is 2.71. The standard InChI is InChI=1S/C12H8N2O3S/c1-6-13-8-4-2-3-7(11(8)18-6)9-5-10(12(15)16)17-14-9/h2-5H,1H3,(H,15,16). The average Bonchev–Trinajstić information content (AvgIpc) is 2.92. The Morgan fingerprint density at radius 1 is 1.44 bits per heavy atom. The number of thiazole rings is 1. The first kappa shape index (κ1) is 10.9. The van der Waals surface area contributed by atoms with Gasteiger partial charge in [0, 0.05) is 11.6 Å². The highest BCUT2D eigenvalue weighted by molar-refractivity contribution is 7.19. The van der Waals surface area contributed by atoms with Gasteiger partial charge in [0.15, 0.2) is 0 Å². The number of hydrogen-bond donors (Lipinski definition) is 1. The van der Waals surface area contributed by atoms with Gasteiger partial charge in [-0.15, -0.1) is 11.3 Å². The number of carboxylic acids is 1. The van der Waals surface area contributed by atoms with Crippen molar-refractivity contribution in [3.05, 3.63) is 35.0 Å². The van der Waals surface area contributed by atoms with Gasteiger partial charge in [-0.25, -0.2) is 9.78 Å². The monoisotopic (exact) mass is 260 g/mol. The summed E-state index contributed by atoms with van der Waals surface area (Å²) >= 11 is 1.55. The fraction of sp³-hybridized carbons (Fsp3) is 0.0833. The lowest BCUT2D eigenvalue weighted by molar-refractivity contribution is 0.0652. The van der Waals surface area contributed by atoms with E-state index in [9.17, 15) is 4.79 Å². The van der Waals surface area contributed by atoms with Crippen molar-refractivity contribution in [2.75, 3.05) is 0 Å². The highest BCUT2D eigenvalue weighted by Gasteiger charge is 2.15. The van der Waals surface area contributed by atoms with Gasteiger partial charge in [-0.3, -0.25) is 0 Å². The van der Waals surface area contributed by atoms with E-state index in [-0.39, 0.29) is 5.76 Å². The lowest BCUT2D eigenvalue weighted by Crippen LogP contribution is -1.91. The van der Waals surface area contributed by atoms with E-state index in [1.165, 1.54) is 6.07 Å². The van der Waals surface area contributed by atoms with E-state index in [2.05, 4.69) is 10.1 Å². The highest BCUT2D eigenvalue weighted by atomic mass is 32.1. The summed E-state index contributed by atoms with van der Waals surface area (Å²) in [6.45, 7) is 1.93. The minimum Gasteiger partial charge on any atom is -0.475 e. The van der Waals surface area contributed by atoms with Crippen LogP contribution in [0.1, 0.15) is 15.6 Å². The Hall–Kier alpha value is -2.21. The number of aromatic carboxylic acids is 1. The second kappa shape index (κ2) is 3.92. The lowest BCUT2D eigenvalue weighted by atomic mass is 10.1. The Balaban J connectivity index is 2.21. The van der Waals surface area contributed by atoms with Crippen molar-refractivity contribution in [3.8, 4) is 11.3 Å². The highest BCUT2D eigenvalue weighted by Crippen LogP contribution is 2.32. The van der Waals surface area contributed by atoms with Crippen LogP contribution in [0, 0.1) is 6.92 Å². The number of aromatic nitrogens is 2. The molecule has 3 aromatic rings. The van der Waals surface area contributed by atoms with E-state index >= 15 is 0 Å². The molecular formula is C12H8N2O3S. The molecule has 0 bridgehead atoms. The minimum atomic E-state index is -1.12. The van der Waals surface area contributed by atoms with E-state index in [4.69, 9.17) is 9.63 Å². The molecule has 90 valence electrons. The van der Waals surface area contributed by atoms with Crippen LogP contribution in [0.15, 0.2) is 28.8 Å². The van der Waals surface area contributed by atoms with Crippen LogP contribution < -0.4 is 0 Å². The van der Waals surface area contributed by atoms with E-state index in [1.54, 1.807) is 11.3 Å². The van der Waals surface area contributed by atoms with Crippen molar-refractivity contribution >= 4 is 27.5 Å². The van der Waals surface area contributed by atoms with Gasteiger partial charge in [-0.05, 0) is 13.0 Å². The van der Waals surface area contributed by atoms with E-state index in [0.29, 0.717) is 5.69 Å². The van der Waals surface area contributed by atoms with Gasteiger partial charge in [0.2, 0.25) is 5.76 Å². The molecule has 0 saturated heterocycles. The quantitative estimate of drug-likeness (QED) is 0.766. The summed E-state index contributed by atoms with van der Waals surface area (Å²) in [6, 6.07) is 7.09. The molecular weight excluding hydrogens is 252 g/mol. The number of benzene rings is 1. The first-order valence-corrected chi connectivity index (χ1v) is 6.03. The van der Waals surface area contributed by atoms with Crippen LogP contribution in [0.4, 0.5) is 0 Å². The lowest BCUT2D eigenvalue weighted by Gasteiger charge is -1.95. The third-order valence-electron chi connectivity index (χ3n) is 2.52. The van der Waals surface area contributed by atoms with Gasteiger partial charge < -0.3 is 9.63 Å². The molecule has 3 rings (SSSR count). The minimum absolute atomic E-state index is 0.164.